The highest BCUT2D eigenvalue weighted by molar-refractivity contribution is 7.16. The van der Waals surface area contributed by atoms with Gasteiger partial charge in [-0.15, -0.1) is 0 Å². The Morgan fingerprint density at radius 1 is 1.20 bits per heavy atom. The number of benzene rings is 2. The van der Waals surface area contributed by atoms with Crippen LogP contribution in [0.5, 0.6) is 17.2 Å². The van der Waals surface area contributed by atoms with Gasteiger partial charge in [0, 0.05) is 12.1 Å². The number of rotatable bonds is 6. The summed E-state index contributed by atoms with van der Waals surface area (Å²) in [6.45, 7) is 3.78. The number of carbonyl (C=O) groups excluding carboxylic acids is 2. The van der Waals surface area contributed by atoms with Gasteiger partial charge in [-0.2, -0.15) is 4.99 Å². The van der Waals surface area contributed by atoms with Crippen LogP contribution in [-0.4, -0.2) is 36.5 Å². The normalized spacial score (nSPS) is 12.9. The van der Waals surface area contributed by atoms with Gasteiger partial charge >= 0.3 is 5.97 Å². The van der Waals surface area contributed by atoms with E-state index in [4.69, 9.17) is 18.9 Å². The first-order valence-corrected chi connectivity index (χ1v) is 10.2. The lowest BCUT2D eigenvalue weighted by Crippen LogP contribution is -2.24. The molecule has 0 saturated carbocycles. The van der Waals surface area contributed by atoms with E-state index in [1.807, 2.05) is 31.2 Å². The number of aryl methyl sites for hydroxylation is 1. The number of ether oxygens (including phenoxy) is 4. The standard InChI is InChI=1S/C21H20N2O6S/c1-3-26-20(25)10-23-14-8-16-17(29-12-28-16)9-18(14)30-21(23)22-19(24)11-27-15-7-5-4-6-13(15)2/h4-9H,3,10-12H2,1-2H3. The van der Waals surface area contributed by atoms with Gasteiger partial charge in [0.15, 0.2) is 22.9 Å². The molecule has 1 aliphatic heterocycles. The minimum Gasteiger partial charge on any atom is -0.483 e. The summed E-state index contributed by atoms with van der Waals surface area (Å²) in [4.78, 5) is 29.2. The van der Waals surface area contributed by atoms with Crippen molar-refractivity contribution in [3.05, 3.63) is 46.8 Å². The van der Waals surface area contributed by atoms with Crippen LogP contribution in [0.1, 0.15) is 12.5 Å². The van der Waals surface area contributed by atoms with Crippen molar-refractivity contribution < 1.29 is 28.5 Å². The van der Waals surface area contributed by atoms with Gasteiger partial charge < -0.3 is 23.5 Å². The minimum absolute atomic E-state index is 0.0712. The fraction of sp³-hybridized carbons (Fsp3) is 0.286. The first kappa shape index (κ1) is 20.0. The summed E-state index contributed by atoms with van der Waals surface area (Å²) in [5.41, 5.74) is 1.64. The van der Waals surface area contributed by atoms with Gasteiger partial charge in [-0.3, -0.25) is 9.59 Å². The molecule has 0 saturated heterocycles. The quantitative estimate of drug-likeness (QED) is 0.561. The van der Waals surface area contributed by atoms with E-state index in [1.165, 1.54) is 11.3 Å². The van der Waals surface area contributed by atoms with E-state index in [9.17, 15) is 9.59 Å². The molecule has 1 aliphatic rings. The van der Waals surface area contributed by atoms with Crippen LogP contribution >= 0.6 is 11.3 Å². The third kappa shape index (κ3) is 4.16. The molecule has 0 spiro atoms. The third-order valence-corrected chi connectivity index (χ3v) is 5.48. The van der Waals surface area contributed by atoms with Crippen LogP contribution in [0.25, 0.3) is 10.2 Å². The molecule has 0 radical (unpaired) electrons. The van der Waals surface area contributed by atoms with Crippen molar-refractivity contribution >= 4 is 33.4 Å². The van der Waals surface area contributed by atoms with Gasteiger partial charge in [-0.1, -0.05) is 29.5 Å². The number of aromatic nitrogens is 1. The fourth-order valence-corrected chi connectivity index (χ4v) is 4.09. The molecular weight excluding hydrogens is 408 g/mol. The summed E-state index contributed by atoms with van der Waals surface area (Å²) in [6.07, 6.45) is 0. The van der Waals surface area contributed by atoms with Gasteiger partial charge in [-0.25, -0.2) is 0 Å². The maximum atomic E-state index is 12.5. The number of para-hydroxylation sites is 1. The molecule has 1 aromatic heterocycles. The monoisotopic (exact) mass is 428 g/mol. The van der Waals surface area contributed by atoms with Crippen molar-refractivity contribution in [2.75, 3.05) is 20.0 Å². The highest BCUT2D eigenvalue weighted by atomic mass is 32.1. The van der Waals surface area contributed by atoms with Crippen LogP contribution in [0.2, 0.25) is 0 Å². The van der Waals surface area contributed by atoms with Crippen molar-refractivity contribution in [2.24, 2.45) is 4.99 Å². The zero-order valence-electron chi connectivity index (χ0n) is 16.5. The minimum atomic E-state index is -0.456. The van der Waals surface area contributed by atoms with E-state index in [0.29, 0.717) is 27.6 Å². The zero-order valence-corrected chi connectivity index (χ0v) is 17.4. The Bertz CT molecular complexity index is 1180. The molecule has 1 amide bonds. The summed E-state index contributed by atoms with van der Waals surface area (Å²) in [6, 6.07) is 11.0. The second kappa shape index (κ2) is 8.58. The van der Waals surface area contributed by atoms with Crippen molar-refractivity contribution in [2.45, 2.75) is 20.4 Å². The Morgan fingerprint density at radius 3 is 2.73 bits per heavy atom. The molecule has 0 aliphatic carbocycles. The van der Waals surface area contributed by atoms with E-state index in [1.54, 1.807) is 23.6 Å². The second-order valence-electron chi connectivity index (χ2n) is 6.51. The van der Waals surface area contributed by atoms with Crippen LogP contribution in [-0.2, 0) is 20.9 Å². The molecule has 4 rings (SSSR count). The molecule has 156 valence electrons. The van der Waals surface area contributed by atoms with Crippen LogP contribution < -0.4 is 19.0 Å². The molecule has 30 heavy (non-hydrogen) atoms. The molecule has 2 aromatic carbocycles. The maximum Gasteiger partial charge on any atom is 0.326 e. The molecule has 2 heterocycles. The average molecular weight is 428 g/mol. The molecule has 0 atom stereocenters. The largest absolute Gasteiger partial charge is 0.483 e. The van der Waals surface area contributed by atoms with Crippen molar-refractivity contribution in [1.82, 2.24) is 4.57 Å². The first-order valence-electron chi connectivity index (χ1n) is 9.39. The summed E-state index contributed by atoms with van der Waals surface area (Å²) in [5.74, 6) is 0.955. The summed E-state index contributed by atoms with van der Waals surface area (Å²) >= 11 is 1.28. The zero-order chi connectivity index (χ0) is 21.1. The second-order valence-corrected chi connectivity index (χ2v) is 7.52. The van der Waals surface area contributed by atoms with E-state index in [2.05, 4.69) is 4.99 Å². The van der Waals surface area contributed by atoms with Crippen LogP contribution in [0, 0.1) is 6.92 Å². The van der Waals surface area contributed by atoms with Gasteiger partial charge in [-0.05, 0) is 25.5 Å². The lowest BCUT2D eigenvalue weighted by atomic mass is 10.2. The summed E-state index contributed by atoms with van der Waals surface area (Å²) in [7, 11) is 0. The number of hydrogen-bond donors (Lipinski definition) is 0. The Hall–Kier alpha value is -3.33. The summed E-state index contributed by atoms with van der Waals surface area (Å²) < 4.78 is 24.0. The summed E-state index contributed by atoms with van der Waals surface area (Å²) in [5, 5.41) is 0. The van der Waals surface area contributed by atoms with Gasteiger partial charge in [0.05, 0.1) is 16.8 Å². The number of hydrogen-bond acceptors (Lipinski definition) is 7. The Morgan fingerprint density at radius 2 is 1.97 bits per heavy atom. The van der Waals surface area contributed by atoms with Crippen LogP contribution in [0.15, 0.2) is 41.4 Å². The van der Waals surface area contributed by atoms with E-state index in [0.717, 1.165) is 10.3 Å². The highest BCUT2D eigenvalue weighted by Crippen LogP contribution is 2.37. The lowest BCUT2D eigenvalue weighted by Gasteiger charge is -2.07. The molecule has 9 heteroatoms. The average Bonchev–Trinajstić information content (AvgIpc) is 3.30. The van der Waals surface area contributed by atoms with Crippen molar-refractivity contribution in [1.29, 1.82) is 0 Å². The third-order valence-electron chi connectivity index (χ3n) is 4.43. The number of thiazole rings is 1. The fourth-order valence-electron chi connectivity index (χ4n) is 3.03. The maximum absolute atomic E-state index is 12.5. The predicted octanol–water partition coefficient (Wildman–Crippen LogP) is 2.81. The van der Waals surface area contributed by atoms with Crippen LogP contribution in [0.3, 0.4) is 0 Å². The smallest absolute Gasteiger partial charge is 0.326 e. The number of nitrogens with zero attached hydrogens (tertiary/aromatic N) is 2. The number of fused-ring (bicyclic) bond motifs is 2. The van der Waals surface area contributed by atoms with Crippen molar-refractivity contribution in [3.63, 3.8) is 0 Å². The number of carbonyl (C=O) groups is 2. The molecule has 0 unspecified atom stereocenters. The Kier molecular flexibility index (Phi) is 5.71. The molecule has 0 fully saturated rings. The number of amides is 1. The molecule has 8 nitrogen and oxygen atoms in total. The van der Waals surface area contributed by atoms with E-state index in [-0.39, 0.29) is 26.6 Å². The van der Waals surface area contributed by atoms with E-state index < -0.39 is 11.9 Å². The Balaban J connectivity index is 1.66. The van der Waals surface area contributed by atoms with E-state index >= 15 is 0 Å². The van der Waals surface area contributed by atoms with Crippen molar-refractivity contribution in [3.8, 4) is 17.2 Å². The highest BCUT2D eigenvalue weighted by Gasteiger charge is 2.19. The SMILES string of the molecule is CCOC(=O)Cn1c(=NC(=O)COc2ccccc2C)sc2cc3c(cc21)OCO3. The molecule has 3 aromatic rings. The molecule has 0 bridgehead atoms. The first-order chi connectivity index (χ1) is 14.5. The Labute approximate surface area is 176 Å². The van der Waals surface area contributed by atoms with Gasteiger partial charge in [0.25, 0.3) is 5.91 Å². The number of esters is 1. The molecular formula is C21H20N2O6S. The lowest BCUT2D eigenvalue weighted by molar-refractivity contribution is -0.143. The molecule has 0 N–H and O–H groups in total. The van der Waals surface area contributed by atoms with Gasteiger partial charge in [0.1, 0.15) is 12.3 Å². The topological polar surface area (TPSA) is 88.4 Å². The van der Waals surface area contributed by atoms with Gasteiger partial charge in [0.2, 0.25) is 6.79 Å². The van der Waals surface area contributed by atoms with Crippen LogP contribution in [0.4, 0.5) is 0 Å². The predicted molar refractivity (Wildman–Crippen MR) is 110 cm³/mol.